The molecule has 0 aliphatic carbocycles. The van der Waals surface area contributed by atoms with Crippen molar-refractivity contribution in [3.05, 3.63) is 41.7 Å². The number of rotatable bonds is 0. The van der Waals surface area contributed by atoms with E-state index in [0.29, 0.717) is 17.9 Å². The quantitative estimate of drug-likeness (QED) is 0.574. The Morgan fingerprint density at radius 1 is 1.25 bits per heavy atom. The molecule has 0 fully saturated rings. The van der Waals surface area contributed by atoms with E-state index in [0.717, 1.165) is 11.6 Å². The highest BCUT2D eigenvalue weighted by atomic mass is 19.4. The van der Waals surface area contributed by atoms with Crippen LogP contribution in [0.15, 0.2) is 30.6 Å². The third-order valence-electron chi connectivity index (χ3n) is 2.73. The smallest absolute Gasteiger partial charge is 0.327 e. The number of nitrogens with zero attached hydrogens (tertiary/aromatic N) is 2. The summed E-state index contributed by atoms with van der Waals surface area (Å²) in [5, 5.41) is 0. The predicted octanol–water partition coefficient (Wildman–Crippen LogP) is 2.93. The molecule has 3 rings (SSSR count). The van der Waals surface area contributed by atoms with Gasteiger partial charge in [-0.1, -0.05) is 6.07 Å². The fraction of sp³-hybridized carbons (Fsp3) is 0.182. The summed E-state index contributed by atoms with van der Waals surface area (Å²) in [6, 6.07) is 3.80. The minimum atomic E-state index is -4.30. The molecule has 0 amide bonds. The van der Waals surface area contributed by atoms with Gasteiger partial charge in [-0.2, -0.15) is 13.2 Å². The number of hydrogen-bond donors (Lipinski definition) is 0. The van der Waals surface area contributed by atoms with Crippen LogP contribution in [0.1, 0.15) is 11.1 Å². The van der Waals surface area contributed by atoms with Crippen molar-refractivity contribution in [2.24, 2.45) is 0 Å². The van der Waals surface area contributed by atoms with Gasteiger partial charge in [0.15, 0.2) is 0 Å². The first-order valence-corrected chi connectivity index (χ1v) is 4.77. The second kappa shape index (κ2) is 2.87. The molecule has 0 saturated heterocycles. The Hall–Kier alpha value is -1.78. The Morgan fingerprint density at radius 2 is 2.06 bits per heavy atom. The first-order valence-electron chi connectivity index (χ1n) is 4.77. The van der Waals surface area contributed by atoms with Crippen LogP contribution in [0.25, 0.3) is 11.4 Å². The summed E-state index contributed by atoms with van der Waals surface area (Å²) in [4.78, 5) is 4.06. The van der Waals surface area contributed by atoms with Crippen LogP contribution < -0.4 is 0 Å². The van der Waals surface area contributed by atoms with Crippen LogP contribution in [0.4, 0.5) is 13.2 Å². The minimum Gasteiger partial charge on any atom is -0.327 e. The minimum absolute atomic E-state index is 0.583. The molecule has 0 radical (unpaired) electrons. The maximum atomic E-state index is 12.5. The highest BCUT2D eigenvalue weighted by molar-refractivity contribution is 5.65. The van der Waals surface area contributed by atoms with Crippen LogP contribution in [0, 0.1) is 0 Å². The summed E-state index contributed by atoms with van der Waals surface area (Å²) in [5.74, 6) is 0.612. The second-order valence-electron chi connectivity index (χ2n) is 3.75. The average Bonchev–Trinajstić information content (AvgIpc) is 2.74. The topological polar surface area (TPSA) is 17.8 Å². The monoisotopic (exact) mass is 224 g/mol. The van der Waals surface area contributed by atoms with Crippen molar-refractivity contribution in [1.82, 2.24) is 9.55 Å². The molecule has 1 aliphatic heterocycles. The molecule has 0 saturated carbocycles. The Balaban J connectivity index is 2.18. The molecular weight excluding hydrogens is 217 g/mol. The lowest BCUT2D eigenvalue weighted by Crippen LogP contribution is -2.04. The number of alkyl halides is 3. The first kappa shape index (κ1) is 9.45. The number of aromatic nitrogens is 2. The van der Waals surface area contributed by atoms with E-state index in [-0.39, 0.29) is 0 Å². The van der Waals surface area contributed by atoms with Gasteiger partial charge in [0, 0.05) is 24.5 Å². The normalized spacial score (nSPS) is 13.7. The van der Waals surface area contributed by atoms with Gasteiger partial charge in [0.05, 0.1) is 5.56 Å². The molecule has 1 aromatic heterocycles. The molecule has 82 valence electrons. The summed E-state index contributed by atoms with van der Waals surface area (Å²) in [6.07, 6.45) is -0.934. The first-order chi connectivity index (χ1) is 7.55. The fourth-order valence-corrected chi connectivity index (χ4v) is 1.96. The van der Waals surface area contributed by atoms with Crippen molar-refractivity contribution in [3.8, 4) is 11.4 Å². The van der Waals surface area contributed by atoms with Crippen LogP contribution in [0.3, 0.4) is 0 Å². The Kier molecular flexibility index (Phi) is 1.70. The molecule has 0 atom stereocenters. The van der Waals surface area contributed by atoms with E-state index in [1.54, 1.807) is 12.4 Å². The average molecular weight is 224 g/mol. The number of hydrogen-bond acceptors (Lipinski definition) is 1. The number of imidazole rings is 1. The summed E-state index contributed by atoms with van der Waals surface area (Å²) < 4.78 is 39.4. The maximum absolute atomic E-state index is 12.5. The molecule has 0 N–H and O–H groups in total. The lowest BCUT2D eigenvalue weighted by molar-refractivity contribution is -0.137. The van der Waals surface area contributed by atoms with Crippen LogP contribution in [-0.4, -0.2) is 9.55 Å². The van der Waals surface area contributed by atoms with E-state index in [1.165, 1.54) is 12.1 Å². The van der Waals surface area contributed by atoms with Crippen molar-refractivity contribution < 1.29 is 13.2 Å². The van der Waals surface area contributed by atoms with Crippen LogP contribution in [0.5, 0.6) is 0 Å². The van der Waals surface area contributed by atoms with Gasteiger partial charge in [0.1, 0.15) is 5.82 Å². The predicted molar refractivity (Wildman–Crippen MR) is 51.8 cm³/mol. The standard InChI is InChI=1S/C11H7F3N2/c12-11(13,14)8-2-1-7-6-16-4-3-15-10(16)9(7)5-8/h1-5H,6H2. The van der Waals surface area contributed by atoms with Crippen LogP contribution in [0.2, 0.25) is 0 Å². The zero-order valence-corrected chi connectivity index (χ0v) is 8.12. The molecule has 2 heterocycles. The Bertz CT molecular complexity index is 555. The summed E-state index contributed by atoms with van der Waals surface area (Å²) in [5.41, 5.74) is 0.846. The van der Waals surface area contributed by atoms with Gasteiger partial charge < -0.3 is 4.57 Å². The van der Waals surface area contributed by atoms with Crippen LogP contribution >= 0.6 is 0 Å². The van der Waals surface area contributed by atoms with Gasteiger partial charge in [0.25, 0.3) is 0 Å². The van der Waals surface area contributed by atoms with Gasteiger partial charge in [0.2, 0.25) is 0 Å². The van der Waals surface area contributed by atoms with Crippen molar-refractivity contribution in [2.45, 2.75) is 12.7 Å². The van der Waals surface area contributed by atoms with Crippen molar-refractivity contribution in [2.75, 3.05) is 0 Å². The largest absolute Gasteiger partial charge is 0.416 e. The summed E-state index contributed by atoms with van der Waals surface area (Å²) in [6.45, 7) is 0.600. The lowest BCUT2D eigenvalue weighted by atomic mass is 10.1. The third-order valence-corrected chi connectivity index (χ3v) is 2.73. The van der Waals surface area contributed by atoms with E-state index >= 15 is 0 Å². The zero-order chi connectivity index (χ0) is 11.3. The van der Waals surface area contributed by atoms with E-state index < -0.39 is 11.7 Å². The van der Waals surface area contributed by atoms with E-state index in [4.69, 9.17) is 0 Å². The molecule has 0 bridgehead atoms. The lowest BCUT2D eigenvalue weighted by Gasteiger charge is -2.07. The van der Waals surface area contributed by atoms with E-state index in [9.17, 15) is 13.2 Å². The fourth-order valence-electron chi connectivity index (χ4n) is 1.96. The van der Waals surface area contributed by atoms with Crippen molar-refractivity contribution in [1.29, 1.82) is 0 Å². The van der Waals surface area contributed by atoms with Crippen molar-refractivity contribution >= 4 is 0 Å². The molecule has 1 aromatic carbocycles. The maximum Gasteiger partial charge on any atom is 0.416 e. The molecule has 0 unspecified atom stereocenters. The highest BCUT2D eigenvalue weighted by Crippen LogP contribution is 2.36. The molecule has 16 heavy (non-hydrogen) atoms. The third kappa shape index (κ3) is 1.24. The Labute approximate surface area is 89.3 Å². The molecule has 5 heteroatoms. The number of halogens is 3. The van der Waals surface area contributed by atoms with Gasteiger partial charge in [-0.3, -0.25) is 0 Å². The van der Waals surface area contributed by atoms with Gasteiger partial charge in [-0.15, -0.1) is 0 Å². The molecule has 1 aliphatic rings. The summed E-state index contributed by atoms with van der Waals surface area (Å²) >= 11 is 0. The van der Waals surface area contributed by atoms with Gasteiger partial charge >= 0.3 is 6.18 Å². The van der Waals surface area contributed by atoms with Gasteiger partial charge in [-0.25, -0.2) is 4.98 Å². The van der Waals surface area contributed by atoms with Crippen molar-refractivity contribution in [3.63, 3.8) is 0 Å². The molecule has 2 nitrogen and oxygen atoms in total. The molecular formula is C11H7F3N2. The Morgan fingerprint density at radius 3 is 2.81 bits per heavy atom. The summed E-state index contributed by atoms with van der Waals surface area (Å²) in [7, 11) is 0. The van der Waals surface area contributed by atoms with E-state index in [1.807, 2.05) is 4.57 Å². The second-order valence-corrected chi connectivity index (χ2v) is 3.75. The highest BCUT2D eigenvalue weighted by Gasteiger charge is 2.32. The van der Waals surface area contributed by atoms with E-state index in [2.05, 4.69) is 4.98 Å². The zero-order valence-electron chi connectivity index (χ0n) is 8.12. The number of benzene rings is 1. The van der Waals surface area contributed by atoms with Gasteiger partial charge in [-0.05, 0) is 17.7 Å². The SMILES string of the molecule is FC(F)(F)c1ccc2c(c1)-c1nccn1C2. The number of fused-ring (bicyclic) bond motifs is 3. The molecule has 0 spiro atoms. The molecule has 2 aromatic rings. The van der Waals surface area contributed by atoms with Crippen LogP contribution in [-0.2, 0) is 12.7 Å².